The van der Waals surface area contributed by atoms with Crippen molar-refractivity contribution in [2.24, 2.45) is 7.05 Å². The smallest absolute Gasteiger partial charge is 0.233 e. The fourth-order valence-corrected chi connectivity index (χ4v) is 3.42. The van der Waals surface area contributed by atoms with Crippen molar-refractivity contribution in [3.05, 3.63) is 35.9 Å². The summed E-state index contributed by atoms with van der Waals surface area (Å²) in [4.78, 5) is 17.9. The Balaban J connectivity index is 1.41. The first-order valence-corrected chi connectivity index (χ1v) is 8.75. The van der Waals surface area contributed by atoms with Crippen LogP contribution in [0.2, 0.25) is 0 Å². The lowest BCUT2D eigenvalue weighted by Gasteiger charge is -2.35. The van der Waals surface area contributed by atoms with Crippen LogP contribution in [0.25, 0.3) is 11.0 Å². The van der Waals surface area contributed by atoms with Gasteiger partial charge in [0.2, 0.25) is 5.88 Å². The van der Waals surface area contributed by atoms with E-state index in [-0.39, 0.29) is 0 Å². The zero-order valence-electron chi connectivity index (χ0n) is 15.4. The van der Waals surface area contributed by atoms with Crippen molar-refractivity contribution in [2.75, 3.05) is 38.2 Å². The summed E-state index contributed by atoms with van der Waals surface area (Å²) in [6.45, 7) is 6.72. The number of aryl methyl sites for hydroxylation is 2. The highest BCUT2D eigenvalue weighted by Crippen LogP contribution is 2.19. The van der Waals surface area contributed by atoms with Gasteiger partial charge in [0.1, 0.15) is 0 Å². The van der Waals surface area contributed by atoms with Gasteiger partial charge in [-0.05, 0) is 18.6 Å². The number of hydrogen-bond donors (Lipinski definition) is 0. The minimum atomic E-state index is 0.552. The van der Waals surface area contributed by atoms with E-state index >= 15 is 0 Å². The third-order valence-corrected chi connectivity index (χ3v) is 4.83. The summed E-state index contributed by atoms with van der Waals surface area (Å²) < 4.78 is 7.00. The molecule has 4 rings (SSSR count). The molecule has 0 aromatic carbocycles. The maximum Gasteiger partial charge on any atom is 0.233 e. The Bertz CT molecular complexity index is 915. The van der Waals surface area contributed by atoms with Gasteiger partial charge in [0.05, 0.1) is 25.2 Å². The predicted molar refractivity (Wildman–Crippen MR) is 99.3 cm³/mol. The minimum Gasteiger partial charge on any atom is -0.480 e. The van der Waals surface area contributed by atoms with Crippen molar-refractivity contribution in [1.82, 2.24) is 29.6 Å². The molecule has 8 heteroatoms. The molecule has 0 atom stereocenters. The maximum absolute atomic E-state index is 5.17. The fraction of sp³-hybridized carbons (Fsp3) is 0.444. The third kappa shape index (κ3) is 3.20. The topological polar surface area (TPSA) is 72.2 Å². The van der Waals surface area contributed by atoms with E-state index in [1.807, 2.05) is 24.9 Å². The van der Waals surface area contributed by atoms with Crippen LogP contribution >= 0.6 is 0 Å². The highest BCUT2D eigenvalue weighted by atomic mass is 16.5. The first kappa shape index (κ1) is 16.7. The van der Waals surface area contributed by atoms with E-state index in [0.29, 0.717) is 5.88 Å². The SMILES string of the molecule is COc1cncc(N2CCN(Cc3cnc4c(c3)c(C)nn4C)CC2)n1. The molecular weight excluding hydrogens is 330 g/mol. The number of ether oxygens (including phenoxy) is 1. The van der Waals surface area contributed by atoms with Gasteiger partial charge in [-0.2, -0.15) is 10.1 Å². The second-order valence-corrected chi connectivity index (χ2v) is 6.61. The van der Waals surface area contributed by atoms with E-state index in [1.54, 1.807) is 19.5 Å². The zero-order chi connectivity index (χ0) is 18.1. The number of rotatable bonds is 4. The first-order chi connectivity index (χ1) is 12.6. The lowest BCUT2D eigenvalue weighted by molar-refractivity contribution is 0.249. The molecule has 0 N–H and O–H groups in total. The summed E-state index contributed by atoms with van der Waals surface area (Å²) in [6, 6.07) is 2.21. The van der Waals surface area contributed by atoms with Crippen LogP contribution in [0.1, 0.15) is 11.3 Å². The number of piperazine rings is 1. The second-order valence-electron chi connectivity index (χ2n) is 6.61. The Morgan fingerprint density at radius 3 is 2.69 bits per heavy atom. The Kier molecular flexibility index (Phi) is 4.42. The van der Waals surface area contributed by atoms with Crippen LogP contribution in [0.15, 0.2) is 24.7 Å². The van der Waals surface area contributed by atoms with Crippen LogP contribution < -0.4 is 9.64 Å². The van der Waals surface area contributed by atoms with E-state index in [9.17, 15) is 0 Å². The van der Waals surface area contributed by atoms with Crippen molar-refractivity contribution in [3.8, 4) is 5.88 Å². The standard InChI is InChI=1S/C18H23N7O/c1-13-15-8-14(9-20-18(15)23(2)22-13)12-24-4-6-25(7-5-24)16-10-19-11-17(21-16)26-3/h8-11H,4-7,12H2,1-3H3. The average molecular weight is 353 g/mol. The number of nitrogens with zero attached hydrogens (tertiary/aromatic N) is 7. The molecule has 1 fully saturated rings. The van der Waals surface area contributed by atoms with Crippen molar-refractivity contribution >= 4 is 16.9 Å². The molecule has 4 heterocycles. The molecule has 0 amide bonds. The summed E-state index contributed by atoms with van der Waals surface area (Å²) in [5, 5.41) is 5.58. The molecule has 136 valence electrons. The summed E-state index contributed by atoms with van der Waals surface area (Å²) in [7, 11) is 3.54. The Hall–Kier alpha value is -2.74. The maximum atomic E-state index is 5.17. The van der Waals surface area contributed by atoms with Crippen molar-refractivity contribution in [1.29, 1.82) is 0 Å². The quantitative estimate of drug-likeness (QED) is 0.702. The molecule has 0 spiro atoms. The summed E-state index contributed by atoms with van der Waals surface area (Å²) >= 11 is 0. The molecule has 1 aliphatic heterocycles. The van der Waals surface area contributed by atoms with Gasteiger partial charge < -0.3 is 9.64 Å². The molecule has 3 aromatic heterocycles. The molecular formula is C18H23N7O. The molecule has 1 saturated heterocycles. The van der Waals surface area contributed by atoms with E-state index < -0.39 is 0 Å². The van der Waals surface area contributed by atoms with Gasteiger partial charge >= 0.3 is 0 Å². The number of pyridine rings is 1. The lowest BCUT2D eigenvalue weighted by Crippen LogP contribution is -2.46. The Labute approximate surface area is 152 Å². The van der Waals surface area contributed by atoms with Gasteiger partial charge in [-0.1, -0.05) is 0 Å². The Morgan fingerprint density at radius 1 is 1.12 bits per heavy atom. The van der Waals surface area contributed by atoms with Gasteiger partial charge in [-0.15, -0.1) is 0 Å². The van der Waals surface area contributed by atoms with Crippen molar-refractivity contribution < 1.29 is 4.74 Å². The molecule has 26 heavy (non-hydrogen) atoms. The van der Waals surface area contributed by atoms with E-state index in [1.165, 1.54) is 5.56 Å². The van der Waals surface area contributed by atoms with Crippen molar-refractivity contribution in [2.45, 2.75) is 13.5 Å². The van der Waals surface area contributed by atoms with Crippen LogP contribution in [-0.4, -0.2) is 62.9 Å². The van der Waals surface area contributed by atoms with Crippen LogP contribution in [0.3, 0.4) is 0 Å². The number of methoxy groups -OCH3 is 1. The summed E-state index contributed by atoms with van der Waals surface area (Å²) in [6.07, 6.45) is 5.38. The van der Waals surface area contributed by atoms with Gasteiger partial charge in [0.25, 0.3) is 0 Å². The fourth-order valence-electron chi connectivity index (χ4n) is 3.42. The molecule has 0 bridgehead atoms. The Morgan fingerprint density at radius 2 is 1.92 bits per heavy atom. The molecule has 1 aliphatic rings. The highest BCUT2D eigenvalue weighted by Gasteiger charge is 2.19. The van der Waals surface area contributed by atoms with Crippen molar-refractivity contribution in [3.63, 3.8) is 0 Å². The number of anilines is 1. The summed E-state index contributed by atoms with van der Waals surface area (Å²) in [5.74, 6) is 1.43. The zero-order valence-corrected chi connectivity index (χ0v) is 15.4. The van der Waals surface area contributed by atoms with Gasteiger partial charge in [0, 0.05) is 51.4 Å². The van der Waals surface area contributed by atoms with Gasteiger partial charge in [-0.3, -0.25) is 14.6 Å². The van der Waals surface area contributed by atoms with Crippen LogP contribution in [0.4, 0.5) is 5.82 Å². The van der Waals surface area contributed by atoms with E-state index in [0.717, 1.165) is 55.3 Å². The summed E-state index contributed by atoms with van der Waals surface area (Å²) in [5.41, 5.74) is 3.19. The largest absolute Gasteiger partial charge is 0.480 e. The van der Waals surface area contributed by atoms with Gasteiger partial charge in [0.15, 0.2) is 11.5 Å². The molecule has 0 radical (unpaired) electrons. The average Bonchev–Trinajstić information content (AvgIpc) is 2.96. The number of fused-ring (bicyclic) bond motifs is 1. The third-order valence-electron chi connectivity index (χ3n) is 4.83. The van der Waals surface area contributed by atoms with E-state index in [4.69, 9.17) is 4.74 Å². The lowest BCUT2D eigenvalue weighted by atomic mass is 10.2. The minimum absolute atomic E-state index is 0.552. The van der Waals surface area contributed by atoms with Crippen LogP contribution in [-0.2, 0) is 13.6 Å². The van der Waals surface area contributed by atoms with Gasteiger partial charge in [-0.25, -0.2) is 4.98 Å². The van der Waals surface area contributed by atoms with E-state index in [2.05, 4.69) is 35.9 Å². The normalized spacial score (nSPS) is 15.6. The van der Waals surface area contributed by atoms with Crippen LogP contribution in [0, 0.1) is 6.92 Å². The molecule has 0 aliphatic carbocycles. The molecule has 0 saturated carbocycles. The molecule has 0 unspecified atom stereocenters. The monoisotopic (exact) mass is 353 g/mol. The first-order valence-electron chi connectivity index (χ1n) is 8.75. The highest BCUT2D eigenvalue weighted by molar-refractivity contribution is 5.78. The molecule has 8 nitrogen and oxygen atoms in total. The number of aromatic nitrogens is 5. The predicted octanol–water partition coefficient (Wildman–Crippen LogP) is 1.40. The number of hydrogen-bond acceptors (Lipinski definition) is 7. The second kappa shape index (κ2) is 6.87. The molecule has 3 aromatic rings. The van der Waals surface area contributed by atoms with Crippen LogP contribution in [0.5, 0.6) is 5.88 Å².